The second-order valence-electron chi connectivity index (χ2n) is 5.28. The van der Waals surface area contributed by atoms with Crippen LogP contribution >= 0.6 is 0 Å². The summed E-state index contributed by atoms with van der Waals surface area (Å²) in [5, 5.41) is 3.01. The second kappa shape index (κ2) is 6.57. The topological polar surface area (TPSA) is 58.4 Å². The lowest BCUT2D eigenvalue weighted by atomic mass is 10.2. The first kappa shape index (κ1) is 13.9. The zero-order valence-corrected chi connectivity index (χ0v) is 11.6. The number of amides is 1. The molecule has 104 valence electrons. The monoisotopic (exact) mass is 261 g/mol. The van der Waals surface area contributed by atoms with Crippen molar-refractivity contribution in [2.75, 3.05) is 23.3 Å². The first-order valence-electron chi connectivity index (χ1n) is 7.06. The Morgan fingerprint density at radius 2 is 2.05 bits per heavy atom. The Hall–Kier alpha value is -1.55. The van der Waals surface area contributed by atoms with Crippen molar-refractivity contribution in [2.24, 2.45) is 5.73 Å². The Balaban J connectivity index is 2.01. The number of benzene rings is 1. The van der Waals surface area contributed by atoms with Crippen LogP contribution < -0.4 is 16.0 Å². The summed E-state index contributed by atoms with van der Waals surface area (Å²) in [6.07, 6.45) is 3.66. The molecular formula is C15H23N3O. The second-order valence-corrected chi connectivity index (χ2v) is 5.28. The van der Waals surface area contributed by atoms with Gasteiger partial charge in [-0.1, -0.05) is 12.1 Å². The summed E-state index contributed by atoms with van der Waals surface area (Å²) in [6.45, 7) is 4.07. The van der Waals surface area contributed by atoms with Crippen LogP contribution in [0.5, 0.6) is 0 Å². The fraction of sp³-hybridized carbons (Fsp3) is 0.533. The van der Waals surface area contributed by atoms with Gasteiger partial charge in [0.1, 0.15) is 0 Å². The number of hydrogen-bond donors (Lipinski definition) is 2. The normalized spacial score (nSPS) is 16.4. The fourth-order valence-electron chi connectivity index (χ4n) is 2.38. The van der Waals surface area contributed by atoms with Gasteiger partial charge in [-0.2, -0.15) is 0 Å². The van der Waals surface area contributed by atoms with Crippen molar-refractivity contribution < 1.29 is 4.79 Å². The highest BCUT2D eigenvalue weighted by Gasteiger charge is 2.16. The van der Waals surface area contributed by atoms with Crippen LogP contribution in [0.15, 0.2) is 24.3 Å². The Kier molecular flexibility index (Phi) is 4.80. The number of nitrogens with two attached hydrogens (primary N) is 1. The zero-order valence-electron chi connectivity index (χ0n) is 11.6. The molecule has 1 aliphatic rings. The van der Waals surface area contributed by atoms with Gasteiger partial charge in [-0.25, -0.2) is 0 Å². The molecule has 0 bridgehead atoms. The molecule has 1 saturated heterocycles. The Morgan fingerprint density at radius 1 is 1.37 bits per heavy atom. The van der Waals surface area contributed by atoms with Crippen LogP contribution in [-0.4, -0.2) is 25.0 Å². The summed E-state index contributed by atoms with van der Waals surface area (Å²) in [6, 6.07) is 8.09. The molecule has 1 aliphatic heterocycles. The maximum Gasteiger partial charge on any atom is 0.224 e. The average molecular weight is 261 g/mol. The van der Waals surface area contributed by atoms with Gasteiger partial charge in [-0.3, -0.25) is 4.79 Å². The van der Waals surface area contributed by atoms with Crippen molar-refractivity contribution in [3.63, 3.8) is 0 Å². The first-order chi connectivity index (χ1) is 9.16. The van der Waals surface area contributed by atoms with Gasteiger partial charge in [-0.15, -0.1) is 0 Å². The number of carbonyl (C=O) groups excluding carboxylic acids is 1. The van der Waals surface area contributed by atoms with E-state index in [9.17, 15) is 4.79 Å². The maximum atomic E-state index is 11.9. The molecule has 1 atom stereocenters. The van der Waals surface area contributed by atoms with E-state index in [1.54, 1.807) is 0 Å². The lowest BCUT2D eigenvalue weighted by Gasteiger charge is -2.21. The molecular weight excluding hydrogens is 238 g/mol. The highest BCUT2D eigenvalue weighted by atomic mass is 16.1. The molecule has 0 saturated carbocycles. The minimum Gasteiger partial charge on any atom is -0.370 e. The highest BCUT2D eigenvalue weighted by molar-refractivity contribution is 5.94. The lowest BCUT2D eigenvalue weighted by molar-refractivity contribution is -0.116. The van der Waals surface area contributed by atoms with Gasteiger partial charge in [0.15, 0.2) is 0 Å². The van der Waals surface area contributed by atoms with Gasteiger partial charge in [0, 0.05) is 25.6 Å². The van der Waals surface area contributed by atoms with Gasteiger partial charge < -0.3 is 16.0 Å². The Bertz CT molecular complexity index is 425. The van der Waals surface area contributed by atoms with Crippen LogP contribution in [0.3, 0.4) is 0 Å². The molecule has 0 aromatic heterocycles. The van der Waals surface area contributed by atoms with Crippen LogP contribution in [0, 0.1) is 0 Å². The average Bonchev–Trinajstić information content (AvgIpc) is 2.91. The summed E-state index contributed by atoms with van der Waals surface area (Å²) in [5.41, 5.74) is 7.72. The van der Waals surface area contributed by atoms with E-state index < -0.39 is 0 Å². The quantitative estimate of drug-likeness (QED) is 0.855. The molecule has 1 fully saturated rings. The van der Waals surface area contributed by atoms with Crippen LogP contribution in [0.25, 0.3) is 0 Å². The third-order valence-corrected chi connectivity index (χ3v) is 3.45. The minimum absolute atomic E-state index is 0.0453. The molecule has 1 heterocycles. The van der Waals surface area contributed by atoms with Crippen molar-refractivity contribution in [1.29, 1.82) is 0 Å². The minimum atomic E-state index is 0.0453. The summed E-state index contributed by atoms with van der Waals surface area (Å²) < 4.78 is 0. The van der Waals surface area contributed by atoms with Crippen LogP contribution in [0.4, 0.5) is 11.4 Å². The SMILES string of the molecule is CC(N)CCC(=O)Nc1ccccc1N1CCCC1. The van der Waals surface area contributed by atoms with E-state index in [0.29, 0.717) is 6.42 Å². The summed E-state index contributed by atoms with van der Waals surface area (Å²) in [5.74, 6) is 0.0453. The van der Waals surface area contributed by atoms with Crippen molar-refractivity contribution in [2.45, 2.75) is 38.6 Å². The number of nitrogens with one attached hydrogen (secondary N) is 1. The molecule has 0 spiro atoms. The molecule has 1 aromatic rings. The Morgan fingerprint density at radius 3 is 2.74 bits per heavy atom. The van der Waals surface area contributed by atoms with E-state index in [4.69, 9.17) is 5.73 Å². The van der Waals surface area contributed by atoms with Crippen LogP contribution in [0.1, 0.15) is 32.6 Å². The zero-order chi connectivity index (χ0) is 13.7. The van der Waals surface area contributed by atoms with Gasteiger partial charge in [-0.05, 0) is 38.3 Å². The van der Waals surface area contributed by atoms with E-state index >= 15 is 0 Å². The predicted molar refractivity (Wildman–Crippen MR) is 79.4 cm³/mol. The molecule has 1 aromatic carbocycles. The van der Waals surface area contributed by atoms with E-state index in [1.807, 2.05) is 25.1 Å². The van der Waals surface area contributed by atoms with Gasteiger partial charge in [0.25, 0.3) is 0 Å². The van der Waals surface area contributed by atoms with Crippen molar-refractivity contribution in [3.8, 4) is 0 Å². The third-order valence-electron chi connectivity index (χ3n) is 3.45. The van der Waals surface area contributed by atoms with E-state index in [0.717, 1.165) is 30.9 Å². The maximum absolute atomic E-state index is 11.9. The van der Waals surface area contributed by atoms with Gasteiger partial charge in [0.05, 0.1) is 11.4 Å². The number of rotatable bonds is 5. The van der Waals surface area contributed by atoms with Crippen molar-refractivity contribution >= 4 is 17.3 Å². The summed E-state index contributed by atoms with van der Waals surface area (Å²) in [7, 11) is 0. The molecule has 1 unspecified atom stereocenters. The van der Waals surface area contributed by atoms with E-state index in [-0.39, 0.29) is 11.9 Å². The molecule has 3 N–H and O–H groups in total. The number of anilines is 2. The van der Waals surface area contributed by atoms with E-state index in [2.05, 4.69) is 16.3 Å². The largest absolute Gasteiger partial charge is 0.370 e. The molecule has 2 rings (SSSR count). The van der Waals surface area contributed by atoms with E-state index in [1.165, 1.54) is 12.8 Å². The number of para-hydroxylation sites is 2. The van der Waals surface area contributed by atoms with Crippen LogP contribution in [-0.2, 0) is 4.79 Å². The van der Waals surface area contributed by atoms with Crippen LogP contribution in [0.2, 0.25) is 0 Å². The fourth-order valence-corrected chi connectivity index (χ4v) is 2.38. The molecule has 1 amide bonds. The first-order valence-corrected chi connectivity index (χ1v) is 7.06. The Labute approximate surface area is 115 Å². The number of hydrogen-bond acceptors (Lipinski definition) is 3. The smallest absolute Gasteiger partial charge is 0.224 e. The highest BCUT2D eigenvalue weighted by Crippen LogP contribution is 2.28. The standard InChI is InChI=1S/C15H23N3O/c1-12(16)8-9-15(19)17-13-6-2-3-7-14(13)18-10-4-5-11-18/h2-3,6-7,12H,4-5,8-11,16H2,1H3,(H,17,19). The molecule has 0 aliphatic carbocycles. The lowest BCUT2D eigenvalue weighted by Crippen LogP contribution is -2.22. The summed E-state index contributed by atoms with van der Waals surface area (Å²) in [4.78, 5) is 14.2. The van der Waals surface area contributed by atoms with Gasteiger partial charge in [0.2, 0.25) is 5.91 Å². The van der Waals surface area contributed by atoms with Crippen molar-refractivity contribution in [3.05, 3.63) is 24.3 Å². The molecule has 19 heavy (non-hydrogen) atoms. The number of carbonyl (C=O) groups is 1. The molecule has 4 nitrogen and oxygen atoms in total. The summed E-state index contributed by atoms with van der Waals surface area (Å²) >= 11 is 0. The molecule has 0 radical (unpaired) electrons. The number of nitrogens with zero attached hydrogens (tertiary/aromatic N) is 1. The van der Waals surface area contributed by atoms with Gasteiger partial charge >= 0.3 is 0 Å². The van der Waals surface area contributed by atoms with Crippen molar-refractivity contribution in [1.82, 2.24) is 0 Å². The molecule has 4 heteroatoms. The third kappa shape index (κ3) is 3.96. The predicted octanol–water partition coefficient (Wildman–Crippen LogP) is 2.35.